The largest absolute Gasteiger partial charge is 0.254 e. The summed E-state index contributed by atoms with van der Waals surface area (Å²) in [5, 5.41) is 1.84. The second-order valence-electron chi connectivity index (χ2n) is 2.23. The van der Waals surface area contributed by atoms with Crippen LogP contribution >= 0.6 is 11.3 Å². The molecule has 0 aliphatic carbocycles. The van der Waals surface area contributed by atoms with E-state index in [1.807, 2.05) is 5.38 Å². The molecule has 0 aliphatic heterocycles. The van der Waals surface area contributed by atoms with Crippen molar-refractivity contribution in [3.63, 3.8) is 0 Å². The van der Waals surface area contributed by atoms with Gasteiger partial charge >= 0.3 is 0 Å². The van der Waals surface area contributed by atoms with Gasteiger partial charge in [-0.3, -0.25) is 4.98 Å². The maximum absolute atomic E-state index is 12.7. The van der Waals surface area contributed by atoms with Crippen LogP contribution in [0, 0.1) is 5.82 Å². The highest BCUT2D eigenvalue weighted by Gasteiger charge is 2.01. The first kappa shape index (κ1) is 7.36. The molecule has 0 atom stereocenters. The van der Waals surface area contributed by atoms with Crippen molar-refractivity contribution in [1.29, 1.82) is 0 Å². The predicted octanol–water partition coefficient (Wildman–Crippen LogP) is 2.34. The Kier molecular flexibility index (Phi) is 1.83. The zero-order valence-corrected chi connectivity index (χ0v) is 6.88. The number of pyridine rings is 1. The van der Waals surface area contributed by atoms with E-state index in [1.165, 1.54) is 29.7 Å². The van der Waals surface area contributed by atoms with Crippen LogP contribution in [0.25, 0.3) is 11.4 Å². The summed E-state index contributed by atoms with van der Waals surface area (Å²) >= 11 is 1.47. The summed E-state index contributed by atoms with van der Waals surface area (Å²) in [4.78, 5) is 8.00. The minimum Gasteiger partial charge on any atom is -0.254 e. The molecule has 0 N–H and O–H groups in total. The Balaban J connectivity index is 2.48. The van der Waals surface area contributed by atoms with Crippen molar-refractivity contribution in [2.45, 2.75) is 0 Å². The molecule has 2 heterocycles. The van der Waals surface area contributed by atoms with Crippen LogP contribution in [-0.2, 0) is 0 Å². The highest BCUT2D eigenvalue weighted by atomic mass is 32.1. The second kappa shape index (κ2) is 2.98. The van der Waals surface area contributed by atoms with E-state index in [0.717, 1.165) is 5.69 Å². The van der Waals surface area contributed by atoms with Gasteiger partial charge in [0.2, 0.25) is 0 Å². The van der Waals surface area contributed by atoms with Crippen molar-refractivity contribution in [1.82, 2.24) is 9.97 Å². The molecule has 0 fully saturated rings. The second-order valence-corrected chi connectivity index (χ2v) is 2.95. The summed E-state index contributed by atoms with van der Waals surface area (Å²) in [6, 6.07) is 2.69. The van der Waals surface area contributed by atoms with Crippen molar-refractivity contribution in [2.75, 3.05) is 0 Å². The number of thiazole rings is 1. The summed E-state index contributed by atoms with van der Waals surface area (Å²) in [5.74, 6) is -0.284. The molecule has 2 aromatic rings. The number of rotatable bonds is 1. The van der Waals surface area contributed by atoms with Gasteiger partial charge in [0.25, 0.3) is 0 Å². The quantitative estimate of drug-likeness (QED) is 0.673. The van der Waals surface area contributed by atoms with E-state index in [0.29, 0.717) is 5.69 Å². The average Bonchev–Trinajstić information content (AvgIpc) is 2.56. The number of aromatic nitrogens is 2. The van der Waals surface area contributed by atoms with Crippen LogP contribution in [0.3, 0.4) is 0 Å². The Hall–Kier alpha value is -1.29. The number of halogens is 1. The number of hydrogen-bond donors (Lipinski definition) is 0. The Bertz CT molecular complexity index is 372. The molecule has 0 unspecified atom stereocenters. The third-order valence-electron chi connectivity index (χ3n) is 1.42. The fourth-order valence-corrected chi connectivity index (χ4v) is 1.43. The summed E-state index contributed by atoms with van der Waals surface area (Å²) in [6.45, 7) is 0. The highest BCUT2D eigenvalue weighted by molar-refractivity contribution is 7.07. The van der Waals surface area contributed by atoms with E-state index in [-0.39, 0.29) is 5.82 Å². The summed E-state index contributed by atoms with van der Waals surface area (Å²) in [6.07, 6.45) is 1.43. The van der Waals surface area contributed by atoms with Crippen molar-refractivity contribution in [2.24, 2.45) is 0 Å². The van der Waals surface area contributed by atoms with E-state index in [1.54, 1.807) is 5.51 Å². The third kappa shape index (κ3) is 1.33. The molecule has 12 heavy (non-hydrogen) atoms. The zero-order chi connectivity index (χ0) is 8.39. The van der Waals surface area contributed by atoms with Crippen LogP contribution in [0.15, 0.2) is 29.2 Å². The van der Waals surface area contributed by atoms with Crippen LogP contribution in [0.1, 0.15) is 0 Å². The summed E-state index contributed by atoms with van der Waals surface area (Å²) in [5.41, 5.74) is 3.00. The van der Waals surface area contributed by atoms with Gasteiger partial charge in [0.15, 0.2) is 0 Å². The molecule has 0 saturated carbocycles. The first-order chi connectivity index (χ1) is 5.86. The highest BCUT2D eigenvalue weighted by Crippen LogP contribution is 2.16. The van der Waals surface area contributed by atoms with Crippen molar-refractivity contribution >= 4 is 11.3 Å². The fourth-order valence-electron chi connectivity index (χ4n) is 0.884. The smallest absolute Gasteiger partial charge is 0.126 e. The monoisotopic (exact) mass is 180 g/mol. The van der Waals surface area contributed by atoms with E-state index in [4.69, 9.17) is 0 Å². The minimum atomic E-state index is -0.284. The molecular formula is C8H5FN2S. The van der Waals surface area contributed by atoms with E-state index >= 15 is 0 Å². The third-order valence-corrected chi connectivity index (χ3v) is 2.00. The lowest BCUT2D eigenvalue weighted by Crippen LogP contribution is -1.83. The fraction of sp³-hybridized carbons (Fsp3) is 0. The maximum atomic E-state index is 12.7. The van der Waals surface area contributed by atoms with Gasteiger partial charge in [-0.1, -0.05) is 0 Å². The zero-order valence-electron chi connectivity index (χ0n) is 6.07. The SMILES string of the molecule is Fc1ccnc(-c2cscn2)c1. The molecule has 0 bridgehead atoms. The van der Waals surface area contributed by atoms with Gasteiger partial charge in [0, 0.05) is 17.6 Å². The molecule has 0 amide bonds. The number of hydrogen-bond acceptors (Lipinski definition) is 3. The molecule has 0 spiro atoms. The Morgan fingerprint density at radius 1 is 1.25 bits per heavy atom. The van der Waals surface area contributed by atoms with Gasteiger partial charge in [-0.15, -0.1) is 11.3 Å². The van der Waals surface area contributed by atoms with Crippen LogP contribution in [0.5, 0.6) is 0 Å². The Morgan fingerprint density at radius 2 is 2.17 bits per heavy atom. The van der Waals surface area contributed by atoms with E-state index in [9.17, 15) is 4.39 Å². The van der Waals surface area contributed by atoms with Gasteiger partial charge in [-0.05, 0) is 6.07 Å². The number of nitrogens with zero attached hydrogens (tertiary/aromatic N) is 2. The Morgan fingerprint density at radius 3 is 2.83 bits per heavy atom. The molecule has 0 aromatic carbocycles. The molecule has 2 aromatic heterocycles. The van der Waals surface area contributed by atoms with Gasteiger partial charge < -0.3 is 0 Å². The lowest BCUT2D eigenvalue weighted by atomic mass is 10.3. The molecule has 0 radical (unpaired) electrons. The predicted molar refractivity (Wildman–Crippen MR) is 45.3 cm³/mol. The van der Waals surface area contributed by atoms with Crippen LogP contribution < -0.4 is 0 Å². The summed E-state index contributed by atoms with van der Waals surface area (Å²) < 4.78 is 12.7. The Labute approximate surface area is 72.7 Å². The van der Waals surface area contributed by atoms with E-state index in [2.05, 4.69) is 9.97 Å². The standard InChI is InChI=1S/C8H5FN2S/c9-6-1-2-10-7(3-6)8-4-12-5-11-8/h1-5H. The first-order valence-corrected chi connectivity index (χ1v) is 4.30. The summed E-state index contributed by atoms with van der Waals surface area (Å²) in [7, 11) is 0. The molecular weight excluding hydrogens is 175 g/mol. The molecule has 60 valence electrons. The van der Waals surface area contributed by atoms with Crippen molar-refractivity contribution < 1.29 is 4.39 Å². The van der Waals surface area contributed by atoms with Gasteiger partial charge in [0.05, 0.1) is 16.9 Å². The van der Waals surface area contributed by atoms with Gasteiger partial charge in [0.1, 0.15) is 5.82 Å². The molecule has 4 heteroatoms. The van der Waals surface area contributed by atoms with Crippen LogP contribution in [-0.4, -0.2) is 9.97 Å². The lowest BCUT2D eigenvalue weighted by molar-refractivity contribution is 0.626. The normalized spacial score (nSPS) is 10.1. The van der Waals surface area contributed by atoms with Crippen molar-refractivity contribution in [3.05, 3.63) is 35.0 Å². The minimum absolute atomic E-state index is 0.284. The first-order valence-electron chi connectivity index (χ1n) is 3.36. The van der Waals surface area contributed by atoms with E-state index < -0.39 is 0 Å². The topological polar surface area (TPSA) is 25.8 Å². The molecule has 0 aliphatic rings. The van der Waals surface area contributed by atoms with Crippen LogP contribution in [0.2, 0.25) is 0 Å². The average molecular weight is 180 g/mol. The maximum Gasteiger partial charge on any atom is 0.126 e. The molecule has 2 rings (SSSR count). The lowest BCUT2D eigenvalue weighted by Gasteiger charge is -1.93. The van der Waals surface area contributed by atoms with Crippen LogP contribution in [0.4, 0.5) is 4.39 Å². The molecule has 2 nitrogen and oxygen atoms in total. The van der Waals surface area contributed by atoms with Gasteiger partial charge in [-0.25, -0.2) is 9.37 Å². The van der Waals surface area contributed by atoms with Crippen molar-refractivity contribution in [3.8, 4) is 11.4 Å². The molecule has 0 saturated heterocycles. The van der Waals surface area contributed by atoms with Gasteiger partial charge in [-0.2, -0.15) is 0 Å².